The second kappa shape index (κ2) is 13.0. The van der Waals surface area contributed by atoms with Gasteiger partial charge < -0.3 is 19.5 Å². The second-order valence-corrected chi connectivity index (χ2v) is 7.03. The van der Waals surface area contributed by atoms with Gasteiger partial charge in [0.15, 0.2) is 0 Å². The van der Waals surface area contributed by atoms with Crippen LogP contribution in [0.4, 0.5) is 5.69 Å². The standard InChI is InChI=1S/C24H33NO3/c1-20(2)14-15-26-16-17-27-18-19-28-24-12-8-22(9-13-24)5-4-21-6-10-23(25-3)11-7-21/h4-13,20,25H,14-19H2,1-3H3/b5-4+. The van der Waals surface area contributed by atoms with E-state index in [9.17, 15) is 0 Å². The molecule has 2 rings (SSSR count). The first kappa shape index (κ1) is 22.0. The van der Waals surface area contributed by atoms with Crippen LogP contribution in [0.2, 0.25) is 0 Å². The van der Waals surface area contributed by atoms with Crippen LogP contribution in [0.5, 0.6) is 5.75 Å². The molecule has 0 spiro atoms. The van der Waals surface area contributed by atoms with Crippen molar-refractivity contribution in [3.8, 4) is 5.75 Å². The Bertz CT molecular complexity index is 678. The molecule has 0 atom stereocenters. The fraction of sp³-hybridized carbons (Fsp3) is 0.417. The number of hydrogen-bond acceptors (Lipinski definition) is 4. The average Bonchev–Trinajstić information content (AvgIpc) is 2.72. The Morgan fingerprint density at radius 2 is 1.29 bits per heavy atom. The van der Waals surface area contributed by atoms with Gasteiger partial charge in [-0.25, -0.2) is 0 Å². The lowest BCUT2D eigenvalue weighted by atomic mass is 10.1. The van der Waals surface area contributed by atoms with Crippen molar-refractivity contribution in [2.24, 2.45) is 5.92 Å². The smallest absolute Gasteiger partial charge is 0.119 e. The zero-order chi connectivity index (χ0) is 20.0. The zero-order valence-corrected chi connectivity index (χ0v) is 17.3. The third-order valence-corrected chi connectivity index (χ3v) is 4.26. The summed E-state index contributed by atoms with van der Waals surface area (Å²) >= 11 is 0. The van der Waals surface area contributed by atoms with Crippen LogP contribution in [0, 0.1) is 5.92 Å². The molecule has 0 amide bonds. The van der Waals surface area contributed by atoms with Crippen LogP contribution in [-0.4, -0.2) is 40.1 Å². The maximum atomic E-state index is 5.71. The summed E-state index contributed by atoms with van der Waals surface area (Å²) in [6.45, 7) is 7.56. The molecule has 0 saturated carbocycles. The quantitative estimate of drug-likeness (QED) is 0.373. The monoisotopic (exact) mass is 383 g/mol. The summed E-state index contributed by atoms with van der Waals surface area (Å²) in [6, 6.07) is 16.4. The van der Waals surface area contributed by atoms with Crippen molar-refractivity contribution in [3.63, 3.8) is 0 Å². The van der Waals surface area contributed by atoms with E-state index in [1.54, 1.807) is 0 Å². The lowest BCUT2D eigenvalue weighted by Gasteiger charge is -2.08. The molecule has 0 radical (unpaired) electrons. The SMILES string of the molecule is CNc1ccc(/C=C/c2ccc(OCCOCCOCCC(C)C)cc2)cc1. The van der Waals surface area contributed by atoms with E-state index in [2.05, 4.69) is 67.7 Å². The Morgan fingerprint density at radius 1 is 0.750 bits per heavy atom. The van der Waals surface area contributed by atoms with E-state index < -0.39 is 0 Å². The van der Waals surface area contributed by atoms with Crippen molar-refractivity contribution in [2.75, 3.05) is 45.4 Å². The molecule has 0 aliphatic heterocycles. The van der Waals surface area contributed by atoms with Gasteiger partial charge in [-0.2, -0.15) is 0 Å². The van der Waals surface area contributed by atoms with Gasteiger partial charge in [0, 0.05) is 19.3 Å². The van der Waals surface area contributed by atoms with Gasteiger partial charge in [-0.1, -0.05) is 50.3 Å². The van der Waals surface area contributed by atoms with Crippen LogP contribution in [0.15, 0.2) is 48.5 Å². The van der Waals surface area contributed by atoms with Crippen LogP contribution in [0.25, 0.3) is 12.2 Å². The molecule has 28 heavy (non-hydrogen) atoms. The number of rotatable bonds is 13. The molecule has 4 heteroatoms. The molecule has 2 aromatic rings. The van der Waals surface area contributed by atoms with Gasteiger partial charge in [-0.15, -0.1) is 0 Å². The molecule has 0 bridgehead atoms. The summed E-state index contributed by atoms with van der Waals surface area (Å²) in [6.07, 6.45) is 5.30. The summed E-state index contributed by atoms with van der Waals surface area (Å²) in [7, 11) is 1.92. The summed E-state index contributed by atoms with van der Waals surface area (Å²) in [5, 5.41) is 3.12. The Kier molecular flexibility index (Phi) is 10.2. The van der Waals surface area contributed by atoms with Crippen molar-refractivity contribution in [1.82, 2.24) is 0 Å². The first-order valence-electron chi connectivity index (χ1n) is 10.0. The number of anilines is 1. The topological polar surface area (TPSA) is 39.7 Å². The minimum atomic E-state index is 0.541. The summed E-state index contributed by atoms with van der Waals surface area (Å²) in [4.78, 5) is 0. The van der Waals surface area contributed by atoms with Gasteiger partial charge in [-0.05, 0) is 47.7 Å². The van der Waals surface area contributed by atoms with E-state index >= 15 is 0 Å². The maximum absolute atomic E-state index is 5.71. The predicted octanol–water partition coefficient (Wildman–Crippen LogP) is 5.36. The minimum absolute atomic E-state index is 0.541. The van der Waals surface area contributed by atoms with E-state index in [1.165, 1.54) is 5.56 Å². The van der Waals surface area contributed by atoms with Crippen LogP contribution in [-0.2, 0) is 9.47 Å². The normalized spacial score (nSPS) is 11.3. The van der Waals surface area contributed by atoms with Gasteiger partial charge in [0.2, 0.25) is 0 Å². The Labute approximate surface area is 169 Å². The zero-order valence-electron chi connectivity index (χ0n) is 17.3. The highest BCUT2D eigenvalue weighted by atomic mass is 16.5. The lowest BCUT2D eigenvalue weighted by Crippen LogP contribution is -2.11. The molecule has 0 fully saturated rings. The first-order valence-corrected chi connectivity index (χ1v) is 10.0. The molecule has 0 heterocycles. The highest BCUT2D eigenvalue weighted by Crippen LogP contribution is 2.15. The lowest BCUT2D eigenvalue weighted by molar-refractivity contribution is 0.0334. The fourth-order valence-electron chi connectivity index (χ4n) is 2.49. The fourth-order valence-corrected chi connectivity index (χ4v) is 2.49. The van der Waals surface area contributed by atoms with Crippen molar-refractivity contribution in [3.05, 3.63) is 59.7 Å². The number of nitrogens with one attached hydrogen (secondary N) is 1. The van der Waals surface area contributed by atoms with Crippen molar-refractivity contribution >= 4 is 17.8 Å². The number of hydrogen-bond donors (Lipinski definition) is 1. The maximum Gasteiger partial charge on any atom is 0.119 e. The summed E-state index contributed by atoms with van der Waals surface area (Å²) in [5.41, 5.74) is 3.42. The highest BCUT2D eigenvalue weighted by Gasteiger charge is 1.97. The Balaban J connectivity index is 1.61. The van der Waals surface area contributed by atoms with Crippen molar-refractivity contribution in [1.29, 1.82) is 0 Å². The molecule has 0 aliphatic rings. The second-order valence-electron chi connectivity index (χ2n) is 7.03. The van der Waals surface area contributed by atoms with E-state index in [0.29, 0.717) is 32.3 Å². The van der Waals surface area contributed by atoms with Crippen LogP contribution < -0.4 is 10.1 Å². The van der Waals surface area contributed by atoms with E-state index in [-0.39, 0.29) is 0 Å². The predicted molar refractivity (Wildman–Crippen MR) is 118 cm³/mol. The number of ether oxygens (including phenoxy) is 3. The molecular weight excluding hydrogens is 350 g/mol. The van der Waals surface area contributed by atoms with Crippen molar-refractivity contribution in [2.45, 2.75) is 20.3 Å². The van der Waals surface area contributed by atoms with Gasteiger partial charge >= 0.3 is 0 Å². The third-order valence-electron chi connectivity index (χ3n) is 4.26. The molecule has 4 nitrogen and oxygen atoms in total. The average molecular weight is 384 g/mol. The van der Waals surface area contributed by atoms with Crippen LogP contribution in [0.3, 0.4) is 0 Å². The van der Waals surface area contributed by atoms with Gasteiger partial charge in [0.25, 0.3) is 0 Å². The molecule has 0 saturated heterocycles. The van der Waals surface area contributed by atoms with Crippen LogP contribution in [0.1, 0.15) is 31.4 Å². The minimum Gasteiger partial charge on any atom is -0.491 e. The molecular formula is C24H33NO3. The first-order chi connectivity index (χ1) is 13.7. The molecule has 0 aromatic heterocycles. The molecule has 0 unspecified atom stereocenters. The molecule has 152 valence electrons. The molecule has 2 aromatic carbocycles. The third kappa shape index (κ3) is 9.07. The highest BCUT2D eigenvalue weighted by molar-refractivity contribution is 5.70. The van der Waals surface area contributed by atoms with E-state index in [4.69, 9.17) is 14.2 Å². The van der Waals surface area contributed by atoms with Gasteiger partial charge in [0.05, 0.1) is 19.8 Å². The largest absolute Gasteiger partial charge is 0.491 e. The van der Waals surface area contributed by atoms with Crippen LogP contribution >= 0.6 is 0 Å². The van der Waals surface area contributed by atoms with Gasteiger partial charge in [0.1, 0.15) is 12.4 Å². The summed E-state index contributed by atoms with van der Waals surface area (Å²) in [5.74, 6) is 1.54. The van der Waals surface area contributed by atoms with E-state index in [1.807, 2.05) is 19.2 Å². The van der Waals surface area contributed by atoms with E-state index in [0.717, 1.165) is 30.0 Å². The number of benzene rings is 2. The molecule has 0 aliphatic carbocycles. The Morgan fingerprint density at radius 3 is 1.86 bits per heavy atom. The van der Waals surface area contributed by atoms with Gasteiger partial charge in [-0.3, -0.25) is 0 Å². The Hall–Kier alpha value is -2.30. The van der Waals surface area contributed by atoms with Crippen molar-refractivity contribution < 1.29 is 14.2 Å². The summed E-state index contributed by atoms with van der Waals surface area (Å²) < 4.78 is 16.7. The molecule has 1 N–H and O–H groups in total.